The quantitative estimate of drug-likeness (QED) is 0.816. The first kappa shape index (κ1) is 14.3. The van der Waals surface area contributed by atoms with Gasteiger partial charge in [-0.15, -0.1) is 0 Å². The van der Waals surface area contributed by atoms with E-state index in [1.807, 2.05) is 19.9 Å². The Morgan fingerprint density at radius 1 is 1.37 bits per heavy atom. The third-order valence-corrected chi connectivity index (χ3v) is 5.04. The maximum absolute atomic E-state index is 12.4. The molecule has 0 bridgehead atoms. The Kier molecular flexibility index (Phi) is 4.47. The molecule has 1 aliphatic rings. The third kappa shape index (κ3) is 3.09. The Labute approximate surface area is 115 Å². The number of nitrogens with one attached hydrogen (secondary N) is 2. The highest BCUT2D eigenvalue weighted by Crippen LogP contribution is 2.31. The van der Waals surface area contributed by atoms with E-state index < -0.39 is 10.0 Å². The molecule has 0 spiro atoms. The van der Waals surface area contributed by atoms with Gasteiger partial charge in [-0.2, -0.15) is 0 Å². The minimum atomic E-state index is -3.38. The van der Waals surface area contributed by atoms with Crippen LogP contribution >= 0.6 is 0 Å². The van der Waals surface area contributed by atoms with E-state index in [0.717, 1.165) is 49.0 Å². The Morgan fingerprint density at radius 3 is 2.89 bits per heavy atom. The fourth-order valence-corrected chi connectivity index (χ4v) is 3.78. The summed E-state index contributed by atoms with van der Waals surface area (Å²) in [6, 6.07) is 3.61. The molecule has 106 valence electrons. The second-order valence-corrected chi connectivity index (χ2v) is 6.75. The number of hydrogen-bond acceptors (Lipinski definition) is 3. The van der Waals surface area contributed by atoms with Crippen LogP contribution in [-0.2, 0) is 16.4 Å². The monoisotopic (exact) mass is 282 g/mol. The van der Waals surface area contributed by atoms with Crippen molar-refractivity contribution in [1.82, 2.24) is 4.72 Å². The fraction of sp³-hybridized carbons (Fsp3) is 0.571. The van der Waals surface area contributed by atoms with Crippen LogP contribution in [0.4, 0.5) is 5.69 Å². The normalized spacial score (nSPS) is 14.8. The van der Waals surface area contributed by atoms with Gasteiger partial charge in [-0.25, -0.2) is 13.1 Å². The van der Waals surface area contributed by atoms with Gasteiger partial charge in [0.25, 0.3) is 0 Å². The number of benzene rings is 1. The Bertz CT molecular complexity index is 553. The zero-order valence-electron chi connectivity index (χ0n) is 11.6. The van der Waals surface area contributed by atoms with E-state index >= 15 is 0 Å². The lowest BCUT2D eigenvalue weighted by Gasteiger charge is -2.23. The van der Waals surface area contributed by atoms with Crippen LogP contribution in [0.2, 0.25) is 0 Å². The molecule has 0 fully saturated rings. The van der Waals surface area contributed by atoms with Gasteiger partial charge < -0.3 is 5.32 Å². The topological polar surface area (TPSA) is 58.2 Å². The summed E-state index contributed by atoms with van der Waals surface area (Å²) in [6.45, 7) is 5.49. The van der Waals surface area contributed by atoms with Crippen LogP contribution in [0, 0.1) is 6.92 Å². The summed E-state index contributed by atoms with van der Waals surface area (Å²) in [5.41, 5.74) is 3.06. The predicted octanol–water partition coefficient (Wildman–Crippen LogP) is 2.43. The lowest BCUT2D eigenvalue weighted by atomic mass is 10.00. The summed E-state index contributed by atoms with van der Waals surface area (Å²) in [5, 5.41) is 3.32. The molecule has 1 aliphatic heterocycles. The molecule has 1 aromatic carbocycles. The van der Waals surface area contributed by atoms with Gasteiger partial charge in [-0.3, -0.25) is 0 Å². The van der Waals surface area contributed by atoms with E-state index in [9.17, 15) is 8.42 Å². The summed E-state index contributed by atoms with van der Waals surface area (Å²) in [5.74, 6) is 0. The Hall–Kier alpha value is -1.07. The molecule has 0 amide bonds. The number of aryl methyl sites for hydroxylation is 1. The zero-order chi connectivity index (χ0) is 13.9. The van der Waals surface area contributed by atoms with Crippen LogP contribution in [0.25, 0.3) is 0 Å². The second kappa shape index (κ2) is 5.92. The number of anilines is 1. The van der Waals surface area contributed by atoms with E-state index in [1.54, 1.807) is 6.07 Å². The van der Waals surface area contributed by atoms with Crippen molar-refractivity contribution in [3.8, 4) is 0 Å². The molecule has 0 atom stereocenters. The molecule has 0 saturated heterocycles. The van der Waals surface area contributed by atoms with Crippen molar-refractivity contribution in [3.05, 3.63) is 23.3 Å². The largest absolute Gasteiger partial charge is 0.385 e. The number of fused-ring (bicyclic) bond motifs is 1. The van der Waals surface area contributed by atoms with Crippen molar-refractivity contribution in [2.24, 2.45) is 0 Å². The predicted molar refractivity (Wildman–Crippen MR) is 78.1 cm³/mol. The molecular formula is C14H22N2O2S. The maximum Gasteiger partial charge on any atom is 0.240 e. The standard InChI is InChI=1S/C14H22N2O2S/c1-3-4-10-16-19(17,18)13-8-7-11(2)14-12(13)6-5-9-15-14/h7-8,15-16H,3-6,9-10H2,1-2H3. The van der Waals surface area contributed by atoms with Gasteiger partial charge in [0.15, 0.2) is 0 Å². The van der Waals surface area contributed by atoms with Crippen LogP contribution < -0.4 is 10.0 Å². The molecule has 1 aromatic rings. The number of hydrogen-bond donors (Lipinski definition) is 2. The first-order chi connectivity index (χ1) is 9.06. The highest BCUT2D eigenvalue weighted by molar-refractivity contribution is 7.89. The van der Waals surface area contributed by atoms with E-state index in [2.05, 4.69) is 10.0 Å². The van der Waals surface area contributed by atoms with Crippen molar-refractivity contribution < 1.29 is 8.42 Å². The zero-order valence-corrected chi connectivity index (χ0v) is 12.4. The van der Waals surface area contributed by atoms with Crippen LogP contribution in [0.3, 0.4) is 0 Å². The lowest BCUT2D eigenvalue weighted by Crippen LogP contribution is -2.27. The van der Waals surface area contributed by atoms with E-state index in [1.165, 1.54) is 0 Å². The molecule has 0 radical (unpaired) electrons. The molecule has 0 aliphatic carbocycles. The molecule has 0 aromatic heterocycles. The molecule has 5 heteroatoms. The van der Waals surface area contributed by atoms with E-state index in [4.69, 9.17) is 0 Å². The van der Waals surface area contributed by atoms with Crippen LogP contribution in [0.1, 0.15) is 37.3 Å². The lowest BCUT2D eigenvalue weighted by molar-refractivity contribution is 0.576. The van der Waals surface area contributed by atoms with Crippen LogP contribution in [0.5, 0.6) is 0 Å². The maximum atomic E-state index is 12.4. The van der Waals surface area contributed by atoms with Gasteiger partial charge in [-0.05, 0) is 43.4 Å². The van der Waals surface area contributed by atoms with Crippen molar-refractivity contribution in [1.29, 1.82) is 0 Å². The van der Waals surface area contributed by atoms with Crippen molar-refractivity contribution in [2.75, 3.05) is 18.4 Å². The van der Waals surface area contributed by atoms with Gasteiger partial charge in [0, 0.05) is 18.8 Å². The number of unbranched alkanes of at least 4 members (excludes halogenated alkanes) is 1. The van der Waals surface area contributed by atoms with E-state index in [0.29, 0.717) is 11.4 Å². The minimum absolute atomic E-state index is 0.441. The first-order valence-corrected chi connectivity index (χ1v) is 8.40. The molecule has 19 heavy (non-hydrogen) atoms. The summed E-state index contributed by atoms with van der Waals surface area (Å²) in [6.07, 6.45) is 3.66. The molecule has 2 rings (SSSR count). The molecule has 2 N–H and O–H groups in total. The van der Waals surface area contributed by atoms with Crippen molar-refractivity contribution in [3.63, 3.8) is 0 Å². The molecule has 4 nitrogen and oxygen atoms in total. The Morgan fingerprint density at radius 2 is 2.16 bits per heavy atom. The molecule has 1 heterocycles. The SMILES string of the molecule is CCCCNS(=O)(=O)c1ccc(C)c2c1CCCN2. The smallest absolute Gasteiger partial charge is 0.240 e. The fourth-order valence-electron chi connectivity index (χ4n) is 2.43. The average molecular weight is 282 g/mol. The molecule has 0 saturated carbocycles. The highest BCUT2D eigenvalue weighted by Gasteiger charge is 2.23. The second-order valence-electron chi connectivity index (χ2n) is 5.02. The van der Waals surface area contributed by atoms with Gasteiger partial charge in [0.2, 0.25) is 10.0 Å². The minimum Gasteiger partial charge on any atom is -0.385 e. The summed E-state index contributed by atoms with van der Waals surface area (Å²) in [4.78, 5) is 0.441. The van der Waals surface area contributed by atoms with Crippen molar-refractivity contribution >= 4 is 15.7 Å². The van der Waals surface area contributed by atoms with Gasteiger partial charge >= 0.3 is 0 Å². The highest BCUT2D eigenvalue weighted by atomic mass is 32.2. The van der Waals surface area contributed by atoms with Crippen molar-refractivity contribution in [2.45, 2.75) is 44.4 Å². The summed E-state index contributed by atoms with van der Waals surface area (Å²) >= 11 is 0. The number of rotatable bonds is 5. The number of sulfonamides is 1. The summed E-state index contributed by atoms with van der Waals surface area (Å²) < 4.78 is 27.4. The average Bonchev–Trinajstić information content (AvgIpc) is 2.39. The van der Waals surface area contributed by atoms with E-state index in [-0.39, 0.29) is 0 Å². The first-order valence-electron chi connectivity index (χ1n) is 6.92. The molecular weight excluding hydrogens is 260 g/mol. The van der Waals surface area contributed by atoms with Gasteiger partial charge in [0.1, 0.15) is 0 Å². The van der Waals surface area contributed by atoms with Gasteiger partial charge in [-0.1, -0.05) is 19.4 Å². The molecule has 0 unspecified atom stereocenters. The van der Waals surface area contributed by atoms with Crippen LogP contribution in [-0.4, -0.2) is 21.5 Å². The summed E-state index contributed by atoms with van der Waals surface area (Å²) in [7, 11) is -3.38. The van der Waals surface area contributed by atoms with Crippen LogP contribution in [0.15, 0.2) is 17.0 Å². The van der Waals surface area contributed by atoms with Gasteiger partial charge in [0.05, 0.1) is 4.90 Å². The Balaban J connectivity index is 2.34. The third-order valence-electron chi connectivity index (χ3n) is 3.50.